The van der Waals surface area contributed by atoms with E-state index in [2.05, 4.69) is 10.4 Å². The van der Waals surface area contributed by atoms with Crippen LogP contribution in [0.2, 0.25) is 0 Å². The molecule has 2 bridgehead atoms. The molecular formula is C20H30N4O3. The number of amides is 2. The highest BCUT2D eigenvalue weighted by Crippen LogP contribution is 2.54. The largest absolute Gasteiger partial charge is 0.369 e. The number of nitrogens with zero attached hydrogens (tertiary/aromatic N) is 3. The Bertz CT molecular complexity index is 746. The number of aromatic nitrogens is 2. The Hall–Kier alpha value is -1.89. The molecule has 27 heavy (non-hydrogen) atoms. The standard InChI is InChI=1S/C20H30N4O3/c1-4-6-18(25)23-11-16-15(17-7-8-20(16,12-23)27-17)9-21-19(26)14-10-22-24(5-2)13(14)3/h10,15-17H,4-9,11-12H2,1-3H3,(H,21,26)/t15-,16+,17+,20+/m0/s1. The lowest BCUT2D eigenvalue weighted by atomic mass is 9.73. The lowest BCUT2D eigenvalue weighted by Gasteiger charge is -2.29. The third-order valence-corrected chi connectivity index (χ3v) is 6.75. The van der Waals surface area contributed by atoms with E-state index >= 15 is 0 Å². The zero-order chi connectivity index (χ0) is 19.2. The van der Waals surface area contributed by atoms with Crippen LogP contribution in [0, 0.1) is 18.8 Å². The summed E-state index contributed by atoms with van der Waals surface area (Å²) in [5.74, 6) is 0.778. The van der Waals surface area contributed by atoms with Crippen LogP contribution in [0.1, 0.15) is 55.6 Å². The quantitative estimate of drug-likeness (QED) is 0.823. The molecule has 7 nitrogen and oxygen atoms in total. The Morgan fingerprint density at radius 1 is 1.41 bits per heavy atom. The van der Waals surface area contributed by atoms with Crippen LogP contribution < -0.4 is 5.32 Å². The summed E-state index contributed by atoms with van der Waals surface area (Å²) in [6.07, 6.45) is 5.39. The maximum Gasteiger partial charge on any atom is 0.254 e. The van der Waals surface area contributed by atoms with Gasteiger partial charge in [-0.2, -0.15) is 5.10 Å². The lowest BCUT2D eigenvalue weighted by molar-refractivity contribution is -0.131. The SMILES string of the molecule is CCCC(=O)N1C[C@@H]2[C@H](CNC(=O)c3cnn(CC)c3C)[C@H]3CC[C@]2(C1)O3. The number of fused-ring (bicyclic) bond motifs is 1. The Morgan fingerprint density at radius 3 is 2.93 bits per heavy atom. The second-order valence-electron chi connectivity index (χ2n) is 8.22. The summed E-state index contributed by atoms with van der Waals surface area (Å²) in [6, 6.07) is 0. The van der Waals surface area contributed by atoms with Crippen LogP contribution in [-0.2, 0) is 16.1 Å². The predicted molar refractivity (Wildman–Crippen MR) is 100 cm³/mol. The summed E-state index contributed by atoms with van der Waals surface area (Å²) in [5.41, 5.74) is 1.36. The van der Waals surface area contributed by atoms with Crippen LogP contribution in [0.25, 0.3) is 0 Å². The molecule has 0 unspecified atom stereocenters. The van der Waals surface area contributed by atoms with Crippen LogP contribution in [0.5, 0.6) is 0 Å². The first-order chi connectivity index (χ1) is 13.0. The number of rotatable bonds is 6. The first-order valence-corrected chi connectivity index (χ1v) is 10.2. The van der Waals surface area contributed by atoms with Gasteiger partial charge in [-0.1, -0.05) is 6.92 Å². The number of aryl methyl sites for hydroxylation is 1. The maximum atomic E-state index is 12.6. The van der Waals surface area contributed by atoms with E-state index in [1.165, 1.54) is 0 Å². The second-order valence-corrected chi connectivity index (χ2v) is 8.22. The third-order valence-electron chi connectivity index (χ3n) is 6.75. The van der Waals surface area contributed by atoms with Crippen molar-refractivity contribution in [1.29, 1.82) is 0 Å². The number of ether oxygens (including phenoxy) is 1. The normalized spacial score (nSPS) is 31.4. The lowest BCUT2D eigenvalue weighted by Crippen LogP contribution is -2.42. The summed E-state index contributed by atoms with van der Waals surface area (Å²) >= 11 is 0. The van der Waals surface area contributed by atoms with Crippen molar-refractivity contribution in [2.45, 2.75) is 64.7 Å². The third kappa shape index (κ3) is 2.96. The van der Waals surface area contributed by atoms with E-state index in [0.717, 1.165) is 44.6 Å². The van der Waals surface area contributed by atoms with Crippen molar-refractivity contribution in [1.82, 2.24) is 20.0 Å². The van der Waals surface area contributed by atoms with Crippen molar-refractivity contribution >= 4 is 11.8 Å². The van der Waals surface area contributed by atoms with Crippen molar-refractivity contribution in [3.63, 3.8) is 0 Å². The fraction of sp³-hybridized carbons (Fsp3) is 0.750. The number of hydrogen-bond acceptors (Lipinski definition) is 4. The van der Waals surface area contributed by atoms with Crippen molar-refractivity contribution in [3.05, 3.63) is 17.5 Å². The molecule has 1 N–H and O–H groups in total. The molecule has 1 spiro atoms. The fourth-order valence-electron chi connectivity index (χ4n) is 5.32. The van der Waals surface area contributed by atoms with Crippen LogP contribution >= 0.6 is 0 Å². The van der Waals surface area contributed by atoms with E-state index in [1.807, 2.05) is 30.4 Å². The van der Waals surface area contributed by atoms with Crippen LogP contribution in [0.15, 0.2) is 6.20 Å². The highest BCUT2D eigenvalue weighted by atomic mass is 16.5. The molecular weight excluding hydrogens is 344 g/mol. The first-order valence-electron chi connectivity index (χ1n) is 10.2. The van der Waals surface area contributed by atoms with Gasteiger partial charge in [-0.05, 0) is 33.1 Å². The average molecular weight is 374 g/mol. The number of carbonyl (C=O) groups is 2. The second kappa shape index (κ2) is 6.93. The van der Waals surface area contributed by atoms with Crippen molar-refractivity contribution in [2.75, 3.05) is 19.6 Å². The molecule has 3 aliphatic rings. The smallest absolute Gasteiger partial charge is 0.254 e. The summed E-state index contributed by atoms with van der Waals surface area (Å²) < 4.78 is 8.21. The molecule has 0 aliphatic carbocycles. The van der Waals surface area contributed by atoms with Crippen LogP contribution in [-0.4, -0.2) is 57.8 Å². The summed E-state index contributed by atoms with van der Waals surface area (Å²) in [4.78, 5) is 27.0. The Balaban J connectivity index is 1.42. The van der Waals surface area contributed by atoms with Crippen molar-refractivity contribution in [3.8, 4) is 0 Å². The molecule has 3 fully saturated rings. The number of carbonyl (C=O) groups excluding carboxylic acids is 2. The molecule has 0 radical (unpaired) electrons. The average Bonchev–Trinajstić information content (AvgIpc) is 3.38. The molecule has 4 atom stereocenters. The highest BCUT2D eigenvalue weighted by molar-refractivity contribution is 5.95. The van der Waals surface area contributed by atoms with E-state index in [-0.39, 0.29) is 29.4 Å². The van der Waals surface area contributed by atoms with Gasteiger partial charge in [-0.25, -0.2) is 0 Å². The molecule has 1 aromatic heterocycles. The van der Waals surface area contributed by atoms with Gasteiger partial charge in [0.05, 0.1) is 30.0 Å². The minimum atomic E-state index is -0.174. The van der Waals surface area contributed by atoms with E-state index in [0.29, 0.717) is 24.4 Å². The monoisotopic (exact) mass is 374 g/mol. The van der Waals surface area contributed by atoms with Gasteiger partial charge in [0.15, 0.2) is 0 Å². The fourth-order valence-corrected chi connectivity index (χ4v) is 5.32. The van der Waals surface area contributed by atoms with Gasteiger partial charge in [-0.3, -0.25) is 14.3 Å². The van der Waals surface area contributed by atoms with E-state index < -0.39 is 0 Å². The predicted octanol–water partition coefficient (Wildman–Crippen LogP) is 1.75. The number of nitrogens with one attached hydrogen (secondary N) is 1. The van der Waals surface area contributed by atoms with Gasteiger partial charge in [0.1, 0.15) is 0 Å². The zero-order valence-corrected chi connectivity index (χ0v) is 16.5. The molecule has 0 saturated carbocycles. The highest BCUT2D eigenvalue weighted by Gasteiger charge is 2.63. The van der Waals surface area contributed by atoms with E-state index in [4.69, 9.17) is 4.74 Å². The zero-order valence-electron chi connectivity index (χ0n) is 16.5. The molecule has 0 aromatic carbocycles. The van der Waals surface area contributed by atoms with Crippen molar-refractivity contribution < 1.29 is 14.3 Å². The van der Waals surface area contributed by atoms with Gasteiger partial charge in [0, 0.05) is 43.6 Å². The number of hydrogen-bond donors (Lipinski definition) is 1. The van der Waals surface area contributed by atoms with Crippen LogP contribution in [0.3, 0.4) is 0 Å². The van der Waals surface area contributed by atoms with Gasteiger partial charge in [0.2, 0.25) is 5.91 Å². The van der Waals surface area contributed by atoms with Crippen LogP contribution in [0.4, 0.5) is 0 Å². The molecule has 3 aliphatic heterocycles. The van der Waals surface area contributed by atoms with Crippen molar-refractivity contribution in [2.24, 2.45) is 11.8 Å². The van der Waals surface area contributed by atoms with E-state index in [9.17, 15) is 9.59 Å². The van der Waals surface area contributed by atoms with Gasteiger partial charge in [0.25, 0.3) is 5.91 Å². The maximum absolute atomic E-state index is 12.6. The van der Waals surface area contributed by atoms with Gasteiger partial charge >= 0.3 is 0 Å². The van der Waals surface area contributed by atoms with Gasteiger partial charge in [-0.15, -0.1) is 0 Å². The molecule has 4 heterocycles. The Morgan fingerprint density at radius 2 is 2.22 bits per heavy atom. The molecule has 148 valence electrons. The topological polar surface area (TPSA) is 76.5 Å². The summed E-state index contributed by atoms with van der Waals surface area (Å²) in [7, 11) is 0. The number of likely N-dealkylation sites (tertiary alicyclic amines) is 1. The minimum absolute atomic E-state index is 0.0686. The summed E-state index contributed by atoms with van der Waals surface area (Å²) in [5, 5.41) is 7.37. The Kier molecular flexibility index (Phi) is 4.74. The Labute approximate surface area is 160 Å². The van der Waals surface area contributed by atoms with E-state index in [1.54, 1.807) is 6.20 Å². The molecule has 2 amide bonds. The molecule has 4 rings (SSSR count). The molecule has 1 aromatic rings. The summed E-state index contributed by atoms with van der Waals surface area (Å²) in [6.45, 7) is 8.82. The first kappa shape index (κ1) is 18.5. The molecule has 3 saturated heterocycles. The minimum Gasteiger partial charge on any atom is -0.369 e. The molecule has 7 heteroatoms. The van der Waals surface area contributed by atoms with Gasteiger partial charge < -0.3 is 15.0 Å².